The van der Waals surface area contributed by atoms with Gasteiger partial charge in [0.2, 0.25) is 5.65 Å². The molecule has 0 unspecified atom stereocenters. The summed E-state index contributed by atoms with van der Waals surface area (Å²) in [6.07, 6.45) is 2.63. The molecule has 0 aliphatic carbocycles. The van der Waals surface area contributed by atoms with Gasteiger partial charge in [-0.25, -0.2) is 13.9 Å². The van der Waals surface area contributed by atoms with Gasteiger partial charge in [-0.15, -0.1) is 0 Å². The molecule has 11 heteroatoms. The molecule has 0 aliphatic rings. The Labute approximate surface area is 170 Å². The third kappa shape index (κ3) is 4.29. The Bertz CT molecular complexity index is 1110. The average molecular weight is 417 g/mol. The minimum atomic E-state index is -1.13. The van der Waals surface area contributed by atoms with Crippen molar-refractivity contribution in [3.8, 4) is 5.75 Å². The number of anilines is 1. The van der Waals surface area contributed by atoms with E-state index in [9.17, 15) is 24.4 Å². The maximum absolute atomic E-state index is 13.9. The van der Waals surface area contributed by atoms with Crippen LogP contribution in [0.2, 0.25) is 0 Å². The van der Waals surface area contributed by atoms with E-state index in [2.05, 4.69) is 15.4 Å². The van der Waals surface area contributed by atoms with E-state index < -0.39 is 28.2 Å². The lowest BCUT2D eigenvalue weighted by molar-refractivity contribution is -0.383. The normalized spacial score (nSPS) is 12.5. The summed E-state index contributed by atoms with van der Waals surface area (Å²) in [5.74, 6) is -0.864. The molecule has 2 aromatic heterocycles. The molecule has 3 aromatic rings. The molecule has 0 saturated carbocycles. The van der Waals surface area contributed by atoms with Crippen molar-refractivity contribution >= 4 is 23.1 Å². The summed E-state index contributed by atoms with van der Waals surface area (Å²) in [7, 11) is 0. The van der Waals surface area contributed by atoms with Crippen molar-refractivity contribution in [2.45, 2.75) is 26.8 Å². The highest BCUT2D eigenvalue weighted by Crippen LogP contribution is 2.30. The first-order chi connectivity index (χ1) is 14.1. The van der Waals surface area contributed by atoms with Gasteiger partial charge >= 0.3 is 11.7 Å². The fourth-order valence-electron chi connectivity index (χ4n) is 2.67. The average Bonchev–Trinajstić information content (AvgIpc) is 3.10. The Morgan fingerprint density at radius 1 is 1.43 bits per heavy atom. The van der Waals surface area contributed by atoms with Crippen molar-refractivity contribution in [3.63, 3.8) is 0 Å². The van der Waals surface area contributed by atoms with E-state index in [1.54, 1.807) is 13.0 Å². The fourth-order valence-corrected chi connectivity index (χ4v) is 2.67. The van der Waals surface area contributed by atoms with Gasteiger partial charge in [0.1, 0.15) is 30.2 Å². The van der Waals surface area contributed by atoms with Crippen LogP contribution in [0.3, 0.4) is 0 Å². The molecule has 0 saturated heterocycles. The Hall–Kier alpha value is -3.76. The van der Waals surface area contributed by atoms with E-state index in [1.165, 1.54) is 42.8 Å². The molecule has 3 rings (SSSR count). The lowest BCUT2D eigenvalue weighted by Crippen LogP contribution is -2.31. The van der Waals surface area contributed by atoms with Crippen LogP contribution in [0.15, 0.2) is 36.7 Å². The van der Waals surface area contributed by atoms with Crippen LogP contribution in [-0.2, 0) is 4.79 Å². The van der Waals surface area contributed by atoms with Gasteiger partial charge in [-0.3, -0.25) is 14.9 Å². The summed E-state index contributed by atoms with van der Waals surface area (Å²) in [6, 6.07) is 5.01. The van der Waals surface area contributed by atoms with E-state index >= 15 is 0 Å². The van der Waals surface area contributed by atoms with E-state index in [1.807, 2.05) is 0 Å². The molecule has 0 aliphatic heterocycles. The van der Waals surface area contributed by atoms with Crippen molar-refractivity contribution in [3.05, 3.63) is 58.2 Å². The Balaban J connectivity index is 1.86. The highest BCUT2D eigenvalue weighted by molar-refractivity contribution is 5.73. The molecular formula is C19H20FN5O5. The van der Waals surface area contributed by atoms with Gasteiger partial charge in [0.25, 0.3) is 0 Å². The number of aromatic nitrogens is 3. The summed E-state index contributed by atoms with van der Waals surface area (Å²) in [5, 5.41) is 27.3. The highest BCUT2D eigenvalue weighted by atomic mass is 19.1. The first-order valence-corrected chi connectivity index (χ1v) is 8.99. The van der Waals surface area contributed by atoms with Crippen LogP contribution in [0, 0.1) is 21.3 Å². The summed E-state index contributed by atoms with van der Waals surface area (Å²) in [6.45, 7) is 4.68. The standard InChI is InChI=1S/C19H20FN5O5/c1-11(22-16-6-7-24-17(23-16)14(9-21-24)25(28)29)13-8-12(20)4-5-15(13)30-10-19(2,3)18(26)27/h4-9,11H,10H2,1-3H3,(H,22,23)(H,26,27)/t11-/m1/s1. The van der Waals surface area contributed by atoms with Gasteiger partial charge in [-0.2, -0.15) is 5.10 Å². The van der Waals surface area contributed by atoms with Crippen LogP contribution in [0.4, 0.5) is 15.9 Å². The minimum Gasteiger partial charge on any atom is -0.492 e. The molecule has 0 bridgehead atoms. The van der Waals surface area contributed by atoms with Crippen LogP contribution in [-0.4, -0.2) is 37.2 Å². The molecule has 30 heavy (non-hydrogen) atoms. The number of halogens is 1. The third-order valence-electron chi connectivity index (χ3n) is 4.52. The first kappa shape index (κ1) is 21.0. The van der Waals surface area contributed by atoms with Crippen molar-refractivity contribution in [2.24, 2.45) is 5.41 Å². The van der Waals surface area contributed by atoms with Crippen LogP contribution >= 0.6 is 0 Å². The lowest BCUT2D eigenvalue weighted by atomic mass is 9.95. The highest BCUT2D eigenvalue weighted by Gasteiger charge is 2.29. The number of ether oxygens (including phenoxy) is 1. The molecule has 0 radical (unpaired) electrons. The van der Waals surface area contributed by atoms with Crippen molar-refractivity contribution in [1.82, 2.24) is 14.6 Å². The Morgan fingerprint density at radius 2 is 2.17 bits per heavy atom. The van der Waals surface area contributed by atoms with E-state index in [0.29, 0.717) is 17.1 Å². The molecule has 2 heterocycles. The molecule has 0 spiro atoms. The summed E-state index contributed by atoms with van der Waals surface area (Å²) >= 11 is 0. The topological polar surface area (TPSA) is 132 Å². The second-order valence-electron chi connectivity index (χ2n) is 7.39. The molecule has 158 valence electrons. The second kappa shape index (κ2) is 7.93. The number of nitro groups is 1. The first-order valence-electron chi connectivity index (χ1n) is 8.99. The number of hydrogen-bond donors (Lipinski definition) is 2. The van der Waals surface area contributed by atoms with E-state index in [-0.39, 0.29) is 17.9 Å². The smallest absolute Gasteiger partial charge is 0.333 e. The molecule has 10 nitrogen and oxygen atoms in total. The number of carbonyl (C=O) groups is 1. The molecule has 0 amide bonds. The summed E-state index contributed by atoms with van der Waals surface area (Å²) in [4.78, 5) is 26.0. The fraction of sp³-hybridized carbons (Fsp3) is 0.316. The van der Waals surface area contributed by atoms with Crippen molar-refractivity contribution < 1.29 is 24.0 Å². The minimum absolute atomic E-state index is 0.0659. The van der Waals surface area contributed by atoms with Gasteiger partial charge in [0.05, 0.1) is 16.4 Å². The summed E-state index contributed by atoms with van der Waals surface area (Å²) in [5.41, 5.74) is -0.857. The Kier molecular flexibility index (Phi) is 5.54. The number of rotatable bonds is 8. The van der Waals surface area contributed by atoms with E-state index in [0.717, 1.165) is 6.20 Å². The van der Waals surface area contributed by atoms with Crippen LogP contribution < -0.4 is 10.1 Å². The van der Waals surface area contributed by atoms with Crippen molar-refractivity contribution in [2.75, 3.05) is 11.9 Å². The zero-order valence-electron chi connectivity index (χ0n) is 16.5. The number of aliphatic carboxylic acids is 1. The number of fused-ring (bicyclic) bond motifs is 1. The maximum Gasteiger partial charge on any atom is 0.333 e. The molecule has 0 fully saturated rings. The molecule has 1 aromatic carbocycles. The quantitative estimate of drug-likeness (QED) is 0.421. The monoisotopic (exact) mass is 417 g/mol. The largest absolute Gasteiger partial charge is 0.492 e. The van der Waals surface area contributed by atoms with Crippen LogP contribution in [0.25, 0.3) is 5.65 Å². The maximum atomic E-state index is 13.9. The number of benzene rings is 1. The van der Waals surface area contributed by atoms with Gasteiger partial charge in [-0.1, -0.05) is 0 Å². The number of carboxylic acids is 1. The predicted octanol–water partition coefficient (Wildman–Crippen LogP) is 3.44. The van der Waals surface area contributed by atoms with Crippen LogP contribution in [0.1, 0.15) is 32.4 Å². The molecule has 2 N–H and O–H groups in total. The zero-order chi connectivity index (χ0) is 22.1. The number of carboxylic acid groups (broad SMARTS) is 1. The SMILES string of the molecule is C[C@@H](Nc1ccn2ncc([N+](=O)[O-])c2n1)c1cc(F)ccc1OCC(C)(C)C(=O)O. The third-order valence-corrected chi connectivity index (χ3v) is 4.52. The van der Waals surface area contributed by atoms with Gasteiger partial charge in [-0.05, 0) is 45.0 Å². The second-order valence-corrected chi connectivity index (χ2v) is 7.39. The van der Waals surface area contributed by atoms with Gasteiger partial charge in [0.15, 0.2) is 0 Å². The Morgan fingerprint density at radius 3 is 2.83 bits per heavy atom. The van der Waals surface area contributed by atoms with Crippen LogP contribution in [0.5, 0.6) is 5.75 Å². The lowest BCUT2D eigenvalue weighted by Gasteiger charge is -2.23. The van der Waals surface area contributed by atoms with Gasteiger partial charge < -0.3 is 15.2 Å². The molecule has 1 atom stereocenters. The van der Waals surface area contributed by atoms with E-state index in [4.69, 9.17) is 4.74 Å². The summed E-state index contributed by atoms with van der Waals surface area (Å²) < 4.78 is 20.8. The number of hydrogen-bond acceptors (Lipinski definition) is 7. The van der Waals surface area contributed by atoms with Gasteiger partial charge in [0, 0.05) is 11.8 Å². The predicted molar refractivity (Wildman–Crippen MR) is 105 cm³/mol. The van der Waals surface area contributed by atoms with Crippen molar-refractivity contribution in [1.29, 1.82) is 0 Å². The molecular weight excluding hydrogens is 397 g/mol. The zero-order valence-corrected chi connectivity index (χ0v) is 16.5. The number of nitrogens with one attached hydrogen (secondary N) is 1. The number of nitrogens with zero attached hydrogens (tertiary/aromatic N) is 4.